The van der Waals surface area contributed by atoms with Gasteiger partial charge in [-0.2, -0.15) is 0 Å². The number of hydrogen-bond acceptors (Lipinski definition) is 3. The monoisotopic (exact) mass is 318 g/mol. The first-order valence-electron chi connectivity index (χ1n) is 8.72. The van der Waals surface area contributed by atoms with E-state index in [9.17, 15) is 4.79 Å². The molecule has 2 rings (SSSR count). The molecule has 1 amide bonds. The molecule has 0 saturated carbocycles. The summed E-state index contributed by atoms with van der Waals surface area (Å²) in [6.45, 7) is 10.1. The van der Waals surface area contributed by atoms with Crippen molar-refractivity contribution in [1.82, 2.24) is 0 Å². The Kier molecular flexibility index (Phi) is 5.91. The van der Waals surface area contributed by atoms with Gasteiger partial charge < -0.3 is 9.64 Å². The number of ether oxygens (including phenoxy) is 1. The van der Waals surface area contributed by atoms with Crippen molar-refractivity contribution in [2.75, 3.05) is 23.3 Å². The highest BCUT2D eigenvalue weighted by Gasteiger charge is 2.19. The number of carbonyl (C=O) groups is 1. The van der Waals surface area contributed by atoms with Crippen LogP contribution in [0.5, 0.6) is 0 Å². The van der Waals surface area contributed by atoms with Crippen LogP contribution in [0.15, 0.2) is 24.3 Å². The Labute approximate surface area is 140 Å². The predicted molar refractivity (Wildman–Crippen MR) is 96.1 cm³/mol. The molecule has 1 fully saturated rings. The summed E-state index contributed by atoms with van der Waals surface area (Å²) in [5, 5.41) is 2.77. The van der Waals surface area contributed by atoms with Crippen LogP contribution in [-0.4, -0.2) is 24.8 Å². The molecule has 23 heavy (non-hydrogen) atoms. The van der Waals surface area contributed by atoms with Gasteiger partial charge in [0.05, 0.1) is 0 Å². The van der Waals surface area contributed by atoms with Crippen molar-refractivity contribution in [1.29, 1.82) is 0 Å². The molecule has 1 aromatic carbocycles. The smallest absolute Gasteiger partial charge is 0.412 e. The number of rotatable bonds is 4. The van der Waals surface area contributed by atoms with Gasteiger partial charge in [0.25, 0.3) is 0 Å². The molecule has 1 heterocycles. The largest absolute Gasteiger partial charge is 0.444 e. The minimum absolute atomic E-state index is 0.411. The molecule has 1 aliphatic rings. The molecule has 1 aromatic rings. The van der Waals surface area contributed by atoms with Crippen LogP contribution in [0.3, 0.4) is 0 Å². The van der Waals surface area contributed by atoms with Crippen molar-refractivity contribution < 1.29 is 9.53 Å². The molecule has 0 aromatic heterocycles. The Morgan fingerprint density at radius 2 is 1.83 bits per heavy atom. The van der Waals surface area contributed by atoms with Gasteiger partial charge in [-0.3, -0.25) is 5.32 Å². The summed E-state index contributed by atoms with van der Waals surface area (Å²) in [5.41, 5.74) is 1.52. The highest BCUT2D eigenvalue weighted by atomic mass is 16.6. The van der Waals surface area contributed by atoms with Gasteiger partial charge in [0.15, 0.2) is 0 Å². The number of piperidine rings is 1. The van der Waals surface area contributed by atoms with Gasteiger partial charge in [-0.05, 0) is 63.8 Å². The number of hydrogen-bond donors (Lipinski definition) is 1. The van der Waals surface area contributed by atoms with E-state index in [4.69, 9.17) is 4.74 Å². The number of amides is 1. The molecule has 0 unspecified atom stereocenters. The lowest BCUT2D eigenvalue weighted by Gasteiger charge is -2.33. The van der Waals surface area contributed by atoms with Crippen molar-refractivity contribution in [2.45, 2.75) is 59.0 Å². The zero-order chi connectivity index (χ0) is 16.9. The van der Waals surface area contributed by atoms with Gasteiger partial charge in [0, 0.05) is 24.5 Å². The average molecular weight is 318 g/mol. The lowest BCUT2D eigenvalue weighted by Crippen LogP contribution is -2.33. The molecule has 4 heteroatoms. The third-order valence-corrected chi connectivity index (χ3v) is 4.19. The van der Waals surface area contributed by atoms with E-state index < -0.39 is 11.7 Å². The van der Waals surface area contributed by atoms with Crippen LogP contribution in [0, 0.1) is 5.92 Å². The number of nitrogens with one attached hydrogen (secondary N) is 1. The van der Waals surface area contributed by atoms with Crippen molar-refractivity contribution in [3.8, 4) is 0 Å². The summed E-state index contributed by atoms with van der Waals surface area (Å²) in [6.07, 6.45) is 4.80. The van der Waals surface area contributed by atoms with E-state index in [-0.39, 0.29) is 0 Å². The second-order valence-corrected chi connectivity index (χ2v) is 7.39. The van der Waals surface area contributed by atoms with Crippen LogP contribution in [0.25, 0.3) is 0 Å². The van der Waals surface area contributed by atoms with Gasteiger partial charge in [-0.15, -0.1) is 0 Å². The topological polar surface area (TPSA) is 41.6 Å². The molecule has 128 valence electrons. The molecule has 1 saturated heterocycles. The lowest BCUT2D eigenvalue weighted by atomic mass is 9.92. The molecule has 1 N–H and O–H groups in total. The Morgan fingerprint density at radius 1 is 1.22 bits per heavy atom. The molecule has 0 aliphatic carbocycles. The minimum atomic E-state index is -0.479. The van der Waals surface area contributed by atoms with Crippen LogP contribution >= 0.6 is 0 Å². The van der Waals surface area contributed by atoms with Crippen LogP contribution in [0.2, 0.25) is 0 Å². The van der Waals surface area contributed by atoms with Gasteiger partial charge in [0.2, 0.25) is 0 Å². The fourth-order valence-electron chi connectivity index (χ4n) is 3.07. The number of carbonyl (C=O) groups excluding carboxylic acids is 1. The maximum Gasteiger partial charge on any atom is 0.412 e. The number of nitrogens with zero attached hydrogens (tertiary/aromatic N) is 1. The SMILES string of the molecule is CCCC1CCN(c2ccc(NC(=O)OC(C)(C)C)cc2)CC1. The third kappa shape index (κ3) is 5.77. The van der Waals surface area contributed by atoms with Gasteiger partial charge in [-0.1, -0.05) is 19.8 Å². The van der Waals surface area contributed by atoms with E-state index in [0.29, 0.717) is 0 Å². The standard InChI is InChI=1S/C19H30N2O2/c1-5-6-15-11-13-21(14-12-15)17-9-7-16(8-10-17)20-18(22)23-19(2,3)4/h7-10,15H,5-6,11-14H2,1-4H3,(H,20,22). The van der Waals surface area contributed by atoms with E-state index in [1.54, 1.807) is 0 Å². The number of anilines is 2. The van der Waals surface area contributed by atoms with E-state index in [1.165, 1.54) is 31.4 Å². The molecule has 0 bridgehead atoms. The molecule has 4 nitrogen and oxygen atoms in total. The number of benzene rings is 1. The van der Waals surface area contributed by atoms with Crippen molar-refractivity contribution >= 4 is 17.5 Å². The second-order valence-electron chi connectivity index (χ2n) is 7.39. The zero-order valence-electron chi connectivity index (χ0n) is 14.9. The van der Waals surface area contributed by atoms with Crippen LogP contribution in [0.1, 0.15) is 53.4 Å². The van der Waals surface area contributed by atoms with Crippen molar-refractivity contribution in [3.63, 3.8) is 0 Å². The highest BCUT2D eigenvalue weighted by molar-refractivity contribution is 5.85. The summed E-state index contributed by atoms with van der Waals surface area (Å²) in [5.74, 6) is 0.893. The maximum atomic E-state index is 11.8. The van der Waals surface area contributed by atoms with Gasteiger partial charge in [-0.25, -0.2) is 4.79 Å². The summed E-state index contributed by atoms with van der Waals surface area (Å²) < 4.78 is 5.26. The fraction of sp³-hybridized carbons (Fsp3) is 0.632. The first kappa shape index (κ1) is 17.6. The molecular weight excluding hydrogens is 288 g/mol. The Morgan fingerprint density at radius 3 is 2.35 bits per heavy atom. The molecule has 0 radical (unpaired) electrons. The third-order valence-electron chi connectivity index (χ3n) is 4.19. The summed E-state index contributed by atoms with van der Waals surface area (Å²) in [4.78, 5) is 14.2. The summed E-state index contributed by atoms with van der Waals surface area (Å²) >= 11 is 0. The summed E-state index contributed by atoms with van der Waals surface area (Å²) in [6, 6.07) is 8.04. The van der Waals surface area contributed by atoms with E-state index in [0.717, 1.165) is 24.7 Å². The summed E-state index contributed by atoms with van der Waals surface area (Å²) in [7, 11) is 0. The first-order chi connectivity index (χ1) is 10.9. The van der Waals surface area contributed by atoms with Crippen LogP contribution in [0.4, 0.5) is 16.2 Å². The Bertz CT molecular complexity index is 497. The highest BCUT2D eigenvalue weighted by Crippen LogP contribution is 2.26. The minimum Gasteiger partial charge on any atom is -0.444 e. The van der Waals surface area contributed by atoms with Crippen molar-refractivity contribution in [3.05, 3.63) is 24.3 Å². The van der Waals surface area contributed by atoms with E-state index >= 15 is 0 Å². The molecular formula is C19H30N2O2. The average Bonchev–Trinajstić information content (AvgIpc) is 2.47. The zero-order valence-corrected chi connectivity index (χ0v) is 14.9. The van der Waals surface area contributed by atoms with Crippen LogP contribution < -0.4 is 10.2 Å². The van der Waals surface area contributed by atoms with Gasteiger partial charge >= 0.3 is 6.09 Å². The van der Waals surface area contributed by atoms with E-state index in [2.05, 4.69) is 29.3 Å². The Hall–Kier alpha value is -1.71. The van der Waals surface area contributed by atoms with Crippen LogP contribution in [-0.2, 0) is 4.74 Å². The molecule has 0 spiro atoms. The second kappa shape index (κ2) is 7.71. The predicted octanol–water partition coefficient (Wildman–Crippen LogP) is 5.05. The molecule has 1 aliphatic heterocycles. The Balaban J connectivity index is 1.86. The maximum absolute atomic E-state index is 11.8. The first-order valence-corrected chi connectivity index (χ1v) is 8.72. The van der Waals surface area contributed by atoms with Gasteiger partial charge in [0.1, 0.15) is 5.60 Å². The normalized spacial score (nSPS) is 16.3. The fourth-order valence-corrected chi connectivity index (χ4v) is 3.07. The van der Waals surface area contributed by atoms with E-state index in [1.807, 2.05) is 32.9 Å². The van der Waals surface area contributed by atoms with Crippen molar-refractivity contribution in [2.24, 2.45) is 5.92 Å². The molecule has 0 atom stereocenters. The lowest BCUT2D eigenvalue weighted by molar-refractivity contribution is 0.0636. The quantitative estimate of drug-likeness (QED) is 0.844.